The van der Waals surface area contributed by atoms with Crippen LogP contribution in [0, 0.1) is 0 Å². The van der Waals surface area contributed by atoms with E-state index < -0.39 is 25.6 Å². The average Bonchev–Trinajstić information content (AvgIpc) is 2.93. The molecule has 1 aromatic carbocycles. The Balaban J connectivity index is 1.97. The van der Waals surface area contributed by atoms with Gasteiger partial charge < -0.3 is 13.8 Å². The van der Waals surface area contributed by atoms with Gasteiger partial charge in [0, 0.05) is 20.0 Å². The lowest BCUT2D eigenvalue weighted by molar-refractivity contribution is -0.870. The highest BCUT2D eigenvalue weighted by molar-refractivity contribution is 7.48. The third-order valence-corrected chi connectivity index (χ3v) is 5.10. The minimum absolute atomic E-state index is 0.0132. The van der Waals surface area contributed by atoms with Crippen LogP contribution in [0.3, 0.4) is 0 Å². The molecule has 1 aromatic rings. The number of hydrogen-bond acceptors (Lipinski definition) is 8. The molecule has 10 nitrogen and oxygen atoms in total. The van der Waals surface area contributed by atoms with Crippen LogP contribution in [0.2, 0.25) is 0 Å². The molecular formula is C17H24N2O8P+. The number of rotatable bonds is 9. The fourth-order valence-corrected chi connectivity index (χ4v) is 3.04. The Kier molecular flexibility index (Phi) is 6.95. The van der Waals surface area contributed by atoms with Gasteiger partial charge in [-0.1, -0.05) is 0 Å². The summed E-state index contributed by atoms with van der Waals surface area (Å²) in [5.74, 6) is -1.85. The number of hydrogen-bond donors (Lipinski definition) is 0. The van der Waals surface area contributed by atoms with Crippen LogP contribution in [0.5, 0.6) is 5.75 Å². The highest BCUT2D eigenvalue weighted by Gasteiger charge is 2.33. The first-order valence-electron chi connectivity index (χ1n) is 8.51. The van der Waals surface area contributed by atoms with Gasteiger partial charge in [0.2, 0.25) is 0 Å². The summed E-state index contributed by atoms with van der Waals surface area (Å²) in [5.41, 5.74) is 0.0815. The molecule has 1 atom stereocenters. The first-order valence-corrected chi connectivity index (χ1v) is 9.97. The van der Waals surface area contributed by atoms with Crippen LogP contribution in [-0.4, -0.2) is 68.7 Å². The number of carbonyl (C=O) groups excluding carboxylic acids is 3. The second-order valence-electron chi connectivity index (χ2n) is 7.05. The molecule has 1 unspecified atom stereocenters. The molecule has 1 aliphatic heterocycles. The number of amides is 2. The molecular weight excluding hydrogens is 391 g/mol. The van der Waals surface area contributed by atoms with Crippen LogP contribution in [0.4, 0.5) is 0 Å². The van der Waals surface area contributed by atoms with E-state index in [1.807, 2.05) is 21.1 Å². The maximum atomic E-state index is 12.5. The second kappa shape index (κ2) is 8.83. The van der Waals surface area contributed by atoms with Gasteiger partial charge in [-0.15, -0.1) is 5.06 Å². The summed E-state index contributed by atoms with van der Waals surface area (Å²) < 4.78 is 28.6. The van der Waals surface area contributed by atoms with Gasteiger partial charge in [0.25, 0.3) is 11.8 Å². The average molecular weight is 415 g/mol. The number of benzene rings is 1. The highest BCUT2D eigenvalue weighted by atomic mass is 31.2. The van der Waals surface area contributed by atoms with Gasteiger partial charge >= 0.3 is 13.8 Å². The Hall–Kier alpha value is -2.26. The molecule has 1 saturated heterocycles. The summed E-state index contributed by atoms with van der Waals surface area (Å²) in [4.78, 5) is 39.9. The van der Waals surface area contributed by atoms with Crippen LogP contribution < -0.4 is 4.52 Å². The molecule has 0 N–H and O–H groups in total. The van der Waals surface area contributed by atoms with Gasteiger partial charge in [0.15, 0.2) is 0 Å². The molecule has 0 spiro atoms. The monoisotopic (exact) mass is 415 g/mol. The first kappa shape index (κ1) is 22.0. The molecule has 1 aliphatic rings. The van der Waals surface area contributed by atoms with Gasteiger partial charge in [-0.05, 0) is 24.3 Å². The molecule has 11 heteroatoms. The summed E-state index contributed by atoms with van der Waals surface area (Å²) in [5, 5.41) is 0.466. The van der Waals surface area contributed by atoms with Gasteiger partial charge in [-0.3, -0.25) is 18.6 Å². The van der Waals surface area contributed by atoms with Crippen molar-refractivity contribution in [1.29, 1.82) is 0 Å². The van der Waals surface area contributed by atoms with E-state index in [1.54, 1.807) is 0 Å². The first-order chi connectivity index (χ1) is 13.0. The molecule has 0 aromatic heterocycles. The van der Waals surface area contributed by atoms with E-state index in [9.17, 15) is 18.9 Å². The molecule has 1 heterocycles. The number of imide groups is 1. The highest BCUT2D eigenvalue weighted by Crippen LogP contribution is 2.48. The largest absolute Gasteiger partial charge is 0.530 e. The van der Waals surface area contributed by atoms with Gasteiger partial charge in [0.05, 0.1) is 26.7 Å². The Morgan fingerprint density at radius 1 is 1.11 bits per heavy atom. The SMILES string of the molecule is COP(=O)(OCC[N+](C)(C)C)Oc1ccc(C(=O)ON2C(=O)CCC2=O)cc1. The molecule has 1 fully saturated rings. The van der Waals surface area contributed by atoms with Crippen LogP contribution in [-0.2, 0) is 28.0 Å². The number of quaternary nitrogens is 1. The number of phosphoric ester groups is 1. The zero-order valence-corrected chi connectivity index (χ0v) is 17.1. The van der Waals surface area contributed by atoms with E-state index in [0.717, 1.165) is 0 Å². The van der Waals surface area contributed by atoms with Gasteiger partial charge in [-0.25, -0.2) is 9.36 Å². The Labute approximate surface area is 163 Å². The summed E-state index contributed by atoms with van der Waals surface area (Å²) in [6, 6.07) is 5.43. The van der Waals surface area contributed by atoms with E-state index in [-0.39, 0.29) is 30.8 Å². The van der Waals surface area contributed by atoms with Crippen molar-refractivity contribution in [2.24, 2.45) is 0 Å². The second-order valence-corrected chi connectivity index (χ2v) is 8.75. The lowest BCUT2D eigenvalue weighted by Crippen LogP contribution is -2.37. The van der Waals surface area contributed by atoms with E-state index >= 15 is 0 Å². The smallest absolute Gasteiger partial charge is 0.404 e. The predicted octanol–water partition coefficient (Wildman–Crippen LogP) is 1.76. The summed E-state index contributed by atoms with van der Waals surface area (Å²) in [7, 11) is 3.28. The third-order valence-electron chi connectivity index (χ3n) is 3.72. The van der Waals surface area contributed by atoms with Crippen LogP contribution >= 0.6 is 7.82 Å². The van der Waals surface area contributed by atoms with Crippen molar-refractivity contribution in [3.05, 3.63) is 29.8 Å². The minimum Gasteiger partial charge on any atom is -0.404 e. The van der Waals surface area contributed by atoms with Crippen LogP contribution in [0.15, 0.2) is 24.3 Å². The molecule has 0 saturated carbocycles. The summed E-state index contributed by atoms with van der Waals surface area (Å²) in [6.07, 6.45) is 0.0264. The zero-order valence-electron chi connectivity index (χ0n) is 16.2. The number of carbonyl (C=O) groups is 3. The fraction of sp³-hybridized carbons (Fsp3) is 0.471. The van der Waals surface area contributed by atoms with Gasteiger partial charge in [-0.2, -0.15) is 0 Å². The van der Waals surface area contributed by atoms with Crippen molar-refractivity contribution >= 4 is 25.6 Å². The van der Waals surface area contributed by atoms with Crippen LogP contribution in [0.25, 0.3) is 0 Å². The van der Waals surface area contributed by atoms with Crippen molar-refractivity contribution in [1.82, 2.24) is 5.06 Å². The maximum Gasteiger partial charge on any atom is 0.530 e. The molecule has 2 amide bonds. The van der Waals surface area contributed by atoms with E-state index in [2.05, 4.69) is 0 Å². The number of nitrogens with zero attached hydrogens (tertiary/aromatic N) is 2. The summed E-state index contributed by atoms with van der Waals surface area (Å²) in [6.45, 7) is 0.756. The van der Waals surface area contributed by atoms with E-state index in [0.29, 0.717) is 16.1 Å². The Morgan fingerprint density at radius 3 is 2.18 bits per heavy atom. The fourth-order valence-electron chi connectivity index (χ4n) is 2.12. The van der Waals surface area contributed by atoms with Crippen LogP contribution in [0.1, 0.15) is 23.2 Å². The van der Waals surface area contributed by atoms with Crippen molar-refractivity contribution in [2.75, 3.05) is 41.4 Å². The number of phosphoric acid groups is 1. The van der Waals surface area contributed by atoms with Crippen molar-refractivity contribution < 1.29 is 41.8 Å². The number of likely N-dealkylation sites (N-methyl/N-ethyl adjacent to an activating group) is 1. The molecule has 154 valence electrons. The summed E-state index contributed by atoms with van der Waals surface area (Å²) >= 11 is 0. The quantitative estimate of drug-likeness (QED) is 0.341. The zero-order chi connectivity index (χ0) is 20.9. The molecule has 0 bridgehead atoms. The third kappa shape index (κ3) is 6.13. The molecule has 0 radical (unpaired) electrons. The van der Waals surface area contributed by atoms with Crippen molar-refractivity contribution in [3.63, 3.8) is 0 Å². The Morgan fingerprint density at radius 2 is 1.68 bits per heavy atom. The molecule has 2 rings (SSSR count). The van der Waals surface area contributed by atoms with Crippen molar-refractivity contribution in [2.45, 2.75) is 12.8 Å². The molecule has 28 heavy (non-hydrogen) atoms. The topological polar surface area (TPSA) is 108 Å². The van der Waals surface area contributed by atoms with E-state index in [4.69, 9.17) is 18.4 Å². The maximum absolute atomic E-state index is 12.5. The lowest BCUT2D eigenvalue weighted by Gasteiger charge is -2.24. The lowest BCUT2D eigenvalue weighted by atomic mass is 10.2. The van der Waals surface area contributed by atoms with Crippen molar-refractivity contribution in [3.8, 4) is 5.75 Å². The standard InChI is InChI=1S/C17H24N2O8P/c1-19(2,3)11-12-25-28(23,24-4)27-14-7-5-13(6-8-14)17(22)26-18-15(20)9-10-16(18)21/h5-8H,9-12H2,1-4H3/q+1. The normalized spacial score (nSPS) is 16.8. The number of hydroxylamine groups is 2. The van der Waals surface area contributed by atoms with Gasteiger partial charge in [0.1, 0.15) is 18.9 Å². The Bertz CT molecular complexity index is 771. The van der Waals surface area contributed by atoms with E-state index in [1.165, 1.54) is 31.4 Å². The predicted molar refractivity (Wildman–Crippen MR) is 97.0 cm³/mol. The molecule has 0 aliphatic carbocycles. The minimum atomic E-state index is -3.81.